The molecule has 0 N–H and O–H groups in total. The number of carbonyl (C=O) groups excluding carboxylic acids is 1. The summed E-state index contributed by atoms with van der Waals surface area (Å²) in [5, 5.41) is 0. The van der Waals surface area contributed by atoms with Crippen LogP contribution in [0.3, 0.4) is 0 Å². The van der Waals surface area contributed by atoms with Crippen LogP contribution in [0.4, 0.5) is 0 Å². The molecule has 0 amide bonds. The third kappa shape index (κ3) is 2.23. The molecule has 1 aromatic rings. The van der Waals surface area contributed by atoms with E-state index in [0.29, 0.717) is 11.7 Å². The second-order valence-corrected chi connectivity index (χ2v) is 6.11. The Morgan fingerprint density at radius 2 is 1.94 bits per heavy atom. The zero-order valence-corrected chi connectivity index (χ0v) is 11.2. The summed E-state index contributed by atoms with van der Waals surface area (Å²) in [7, 11) is 0. The summed E-state index contributed by atoms with van der Waals surface area (Å²) in [5.74, 6) is 2.83. The Labute approximate surface area is 110 Å². The molecule has 0 aliphatic heterocycles. The van der Waals surface area contributed by atoms with Crippen molar-refractivity contribution in [3.63, 3.8) is 0 Å². The molecular formula is C17H22O. The van der Waals surface area contributed by atoms with Crippen molar-refractivity contribution >= 4 is 5.78 Å². The lowest BCUT2D eigenvalue weighted by atomic mass is 9.84. The highest BCUT2D eigenvalue weighted by molar-refractivity contribution is 5.96. The molecule has 2 aliphatic rings. The van der Waals surface area contributed by atoms with Gasteiger partial charge in [-0.1, -0.05) is 37.6 Å². The highest BCUT2D eigenvalue weighted by Crippen LogP contribution is 2.49. The zero-order chi connectivity index (χ0) is 12.5. The van der Waals surface area contributed by atoms with Crippen molar-refractivity contribution in [1.29, 1.82) is 0 Å². The van der Waals surface area contributed by atoms with Crippen LogP contribution in [0.2, 0.25) is 0 Å². The first-order valence-electron chi connectivity index (χ1n) is 7.38. The van der Waals surface area contributed by atoms with E-state index in [0.717, 1.165) is 30.2 Å². The van der Waals surface area contributed by atoms with Crippen LogP contribution in [0.15, 0.2) is 24.3 Å². The molecule has 3 unspecified atom stereocenters. The van der Waals surface area contributed by atoms with E-state index in [-0.39, 0.29) is 0 Å². The predicted octanol–water partition coefficient (Wildman–Crippen LogP) is 4.26. The van der Waals surface area contributed by atoms with Gasteiger partial charge in [-0.15, -0.1) is 0 Å². The van der Waals surface area contributed by atoms with Crippen LogP contribution < -0.4 is 0 Å². The number of hydrogen-bond acceptors (Lipinski definition) is 1. The second-order valence-electron chi connectivity index (χ2n) is 6.11. The van der Waals surface area contributed by atoms with Crippen molar-refractivity contribution in [3.8, 4) is 0 Å². The van der Waals surface area contributed by atoms with Crippen molar-refractivity contribution in [3.05, 3.63) is 35.4 Å². The number of rotatable bonds is 4. The minimum atomic E-state index is 0.357. The van der Waals surface area contributed by atoms with E-state index in [9.17, 15) is 4.79 Å². The Morgan fingerprint density at radius 1 is 1.17 bits per heavy atom. The van der Waals surface area contributed by atoms with Gasteiger partial charge in [-0.2, -0.15) is 0 Å². The van der Waals surface area contributed by atoms with Crippen LogP contribution in [0.1, 0.15) is 54.9 Å². The van der Waals surface area contributed by atoms with Crippen LogP contribution >= 0.6 is 0 Å². The number of hydrogen-bond donors (Lipinski definition) is 0. The molecule has 3 rings (SSSR count). The molecule has 0 saturated heterocycles. The average molecular weight is 242 g/mol. The van der Waals surface area contributed by atoms with E-state index in [1.54, 1.807) is 0 Å². The summed E-state index contributed by atoms with van der Waals surface area (Å²) in [5.41, 5.74) is 2.22. The minimum Gasteiger partial charge on any atom is -0.294 e. The number of carbonyl (C=O) groups is 1. The minimum absolute atomic E-state index is 0.357. The maximum Gasteiger partial charge on any atom is 0.163 e. The van der Waals surface area contributed by atoms with E-state index in [1.165, 1.54) is 31.2 Å². The summed E-state index contributed by atoms with van der Waals surface area (Å²) in [4.78, 5) is 12.3. The maximum atomic E-state index is 12.3. The van der Waals surface area contributed by atoms with Gasteiger partial charge in [-0.05, 0) is 49.0 Å². The van der Waals surface area contributed by atoms with Gasteiger partial charge in [0.05, 0.1) is 0 Å². The Kier molecular flexibility index (Phi) is 3.23. The summed E-state index contributed by atoms with van der Waals surface area (Å²) in [6, 6.07) is 8.20. The zero-order valence-electron chi connectivity index (χ0n) is 11.2. The van der Waals surface area contributed by atoms with Gasteiger partial charge in [0.2, 0.25) is 0 Å². The molecule has 0 spiro atoms. The standard InChI is InChI=1S/C17H22O/c1-2-12-3-6-14(7-4-12)17(18)11-16-10-13-5-8-15(16)9-13/h3-4,6-7,13,15-16H,2,5,8-11H2,1H3. The molecule has 18 heavy (non-hydrogen) atoms. The number of aryl methyl sites for hydroxylation is 1. The van der Waals surface area contributed by atoms with Gasteiger partial charge >= 0.3 is 0 Å². The highest BCUT2D eigenvalue weighted by Gasteiger charge is 2.40. The lowest BCUT2D eigenvalue weighted by molar-refractivity contribution is 0.0944. The van der Waals surface area contributed by atoms with Crippen LogP contribution in [0.5, 0.6) is 0 Å². The third-order valence-corrected chi connectivity index (χ3v) is 5.02. The monoisotopic (exact) mass is 242 g/mol. The lowest BCUT2D eigenvalue weighted by Gasteiger charge is -2.20. The molecule has 3 atom stereocenters. The van der Waals surface area contributed by atoms with Gasteiger partial charge in [0, 0.05) is 12.0 Å². The van der Waals surface area contributed by atoms with Crippen molar-refractivity contribution in [2.24, 2.45) is 17.8 Å². The van der Waals surface area contributed by atoms with Crippen molar-refractivity contribution in [2.75, 3.05) is 0 Å². The Morgan fingerprint density at radius 3 is 2.50 bits per heavy atom. The average Bonchev–Trinajstić information content (AvgIpc) is 3.01. The molecular weight excluding hydrogens is 220 g/mol. The smallest absolute Gasteiger partial charge is 0.163 e. The molecule has 96 valence electrons. The molecule has 2 saturated carbocycles. The number of fused-ring (bicyclic) bond motifs is 2. The Bertz CT molecular complexity index is 431. The molecule has 0 aromatic heterocycles. The second kappa shape index (κ2) is 4.87. The van der Waals surface area contributed by atoms with E-state index in [4.69, 9.17) is 0 Å². The van der Waals surface area contributed by atoms with Crippen molar-refractivity contribution < 1.29 is 4.79 Å². The van der Waals surface area contributed by atoms with E-state index < -0.39 is 0 Å². The number of benzene rings is 1. The third-order valence-electron chi connectivity index (χ3n) is 5.02. The van der Waals surface area contributed by atoms with Crippen LogP contribution in [-0.4, -0.2) is 5.78 Å². The predicted molar refractivity (Wildman–Crippen MR) is 73.7 cm³/mol. The molecule has 1 heteroatoms. The van der Waals surface area contributed by atoms with E-state index >= 15 is 0 Å². The molecule has 1 aromatic carbocycles. The number of Topliss-reactive ketones (excluding diaryl/α,β-unsaturated/α-hetero) is 1. The molecule has 2 bridgehead atoms. The first-order valence-corrected chi connectivity index (χ1v) is 7.38. The maximum absolute atomic E-state index is 12.3. The Hall–Kier alpha value is -1.11. The van der Waals surface area contributed by atoms with Crippen LogP contribution in [0, 0.1) is 17.8 Å². The first-order chi connectivity index (χ1) is 8.76. The summed E-state index contributed by atoms with van der Waals surface area (Å²) < 4.78 is 0. The Balaban J connectivity index is 1.64. The summed E-state index contributed by atoms with van der Waals surface area (Å²) >= 11 is 0. The van der Waals surface area contributed by atoms with E-state index in [2.05, 4.69) is 19.1 Å². The topological polar surface area (TPSA) is 17.1 Å². The van der Waals surface area contributed by atoms with Gasteiger partial charge in [-0.25, -0.2) is 0 Å². The lowest BCUT2D eigenvalue weighted by Crippen LogP contribution is -2.15. The van der Waals surface area contributed by atoms with E-state index in [1.807, 2.05) is 12.1 Å². The quantitative estimate of drug-likeness (QED) is 0.721. The van der Waals surface area contributed by atoms with Crippen LogP contribution in [0.25, 0.3) is 0 Å². The fraction of sp³-hybridized carbons (Fsp3) is 0.588. The van der Waals surface area contributed by atoms with Gasteiger partial charge < -0.3 is 0 Å². The van der Waals surface area contributed by atoms with Gasteiger partial charge in [0.25, 0.3) is 0 Å². The largest absolute Gasteiger partial charge is 0.294 e. The fourth-order valence-corrected chi connectivity index (χ4v) is 3.91. The van der Waals surface area contributed by atoms with Gasteiger partial charge in [0.1, 0.15) is 0 Å². The molecule has 2 aliphatic carbocycles. The molecule has 1 nitrogen and oxygen atoms in total. The van der Waals surface area contributed by atoms with Gasteiger partial charge in [-0.3, -0.25) is 4.79 Å². The fourth-order valence-electron chi connectivity index (χ4n) is 3.91. The highest BCUT2D eigenvalue weighted by atomic mass is 16.1. The molecule has 0 heterocycles. The van der Waals surface area contributed by atoms with Crippen molar-refractivity contribution in [1.82, 2.24) is 0 Å². The number of ketones is 1. The first kappa shape index (κ1) is 12.0. The summed E-state index contributed by atoms with van der Waals surface area (Å²) in [6.07, 6.45) is 7.32. The summed E-state index contributed by atoms with van der Waals surface area (Å²) in [6.45, 7) is 2.14. The normalized spacial score (nSPS) is 29.7. The molecule has 2 fully saturated rings. The van der Waals surface area contributed by atoms with Gasteiger partial charge in [0.15, 0.2) is 5.78 Å². The molecule has 0 radical (unpaired) electrons. The van der Waals surface area contributed by atoms with Crippen LogP contribution in [-0.2, 0) is 6.42 Å². The SMILES string of the molecule is CCc1ccc(C(=O)CC2CC3CCC2C3)cc1. The van der Waals surface area contributed by atoms with Crippen molar-refractivity contribution in [2.45, 2.75) is 45.4 Å².